The van der Waals surface area contributed by atoms with E-state index in [1.54, 1.807) is 6.26 Å². The highest BCUT2D eigenvalue weighted by Gasteiger charge is 2.20. The minimum absolute atomic E-state index is 0.0493. The van der Waals surface area contributed by atoms with E-state index >= 15 is 0 Å². The van der Waals surface area contributed by atoms with Crippen LogP contribution in [0.25, 0.3) is 10.9 Å². The minimum atomic E-state index is 0.0493. The maximum absolute atomic E-state index is 6.53. The minimum Gasteiger partial charge on any atom is -0.467 e. The highest BCUT2D eigenvalue weighted by atomic mass is 35.5. The molecule has 0 aliphatic rings. The fraction of sp³-hybridized carbons (Fsp3) is 0.136. The molecule has 4 rings (SSSR count). The maximum atomic E-state index is 6.53. The zero-order valence-electron chi connectivity index (χ0n) is 15.1. The van der Waals surface area contributed by atoms with Crippen molar-refractivity contribution < 1.29 is 4.42 Å². The summed E-state index contributed by atoms with van der Waals surface area (Å²) in [5.41, 5.74) is 3.35. The molecule has 0 saturated heterocycles. The van der Waals surface area contributed by atoms with Crippen LogP contribution in [0.1, 0.15) is 22.8 Å². The summed E-state index contributed by atoms with van der Waals surface area (Å²) >= 11 is 12.0. The third kappa shape index (κ3) is 4.06. The Bertz CT molecular complexity index is 1070. The molecule has 0 bridgehead atoms. The number of aromatic amines is 1. The van der Waals surface area contributed by atoms with Gasteiger partial charge in [-0.25, -0.2) is 0 Å². The first-order valence-corrected chi connectivity index (χ1v) is 9.85. The molecule has 2 aromatic carbocycles. The Hall–Kier alpha value is -2.76. The van der Waals surface area contributed by atoms with Gasteiger partial charge in [0.25, 0.3) is 0 Å². The SMILES string of the molecule is S=C(NCc1ccco1)NC[C@@H](c1ccccc1Cl)c1c[nH]c2ccccc12. The van der Waals surface area contributed by atoms with Gasteiger partial charge >= 0.3 is 0 Å². The standard InChI is InChI=1S/C22H20ClN3OS/c23-20-9-3-1-7-16(20)18(19-13-24-21-10-4-2-8-17(19)21)14-26-22(28)25-12-15-6-5-11-27-15/h1-11,13,18,24H,12,14H2,(H2,25,26,28)/t18-/m0/s1. The summed E-state index contributed by atoms with van der Waals surface area (Å²) in [6, 6.07) is 20.0. The number of furan rings is 1. The monoisotopic (exact) mass is 409 g/mol. The van der Waals surface area contributed by atoms with Crippen molar-refractivity contribution in [3.05, 3.63) is 95.0 Å². The van der Waals surface area contributed by atoms with Crippen molar-refractivity contribution >= 4 is 39.8 Å². The smallest absolute Gasteiger partial charge is 0.166 e. The summed E-state index contributed by atoms with van der Waals surface area (Å²) in [5, 5.41) is 9.01. The molecule has 0 saturated carbocycles. The van der Waals surface area contributed by atoms with Gasteiger partial charge in [-0.05, 0) is 47.6 Å². The molecule has 142 valence electrons. The second kappa shape index (κ2) is 8.50. The number of fused-ring (bicyclic) bond motifs is 1. The summed E-state index contributed by atoms with van der Waals surface area (Å²) in [5.74, 6) is 0.886. The Balaban J connectivity index is 1.55. The fourth-order valence-corrected chi connectivity index (χ4v) is 3.79. The van der Waals surface area contributed by atoms with Crippen LogP contribution in [0.4, 0.5) is 0 Å². The Morgan fingerprint density at radius 3 is 2.64 bits per heavy atom. The predicted octanol–water partition coefficient (Wildman–Crippen LogP) is 5.21. The molecule has 0 fully saturated rings. The number of para-hydroxylation sites is 1. The van der Waals surface area contributed by atoms with E-state index in [2.05, 4.69) is 40.0 Å². The van der Waals surface area contributed by atoms with Gasteiger partial charge in [-0.1, -0.05) is 48.0 Å². The first-order chi connectivity index (χ1) is 13.7. The van der Waals surface area contributed by atoms with E-state index in [1.807, 2.05) is 42.5 Å². The van der Waals surface area contributed by atoms with Crippen LogP contribution in [-0.2, 0) is 6.54 Å². The number of aromatic nitrogens is 1. The average molecular weight is 410 g/mol. The maximum Gasteiger partial charge on any atom is 0.166 e. The Kier molecular flexibility index (Phi) is 5.65. The van der Waals surface area contributed by atoms with Gasteiger partial charge in [-0.15, -0.1) is 0 Å². The highest BCUT2D eigenvalue weighted by Crippen LogP contribution is 2.34. The third-order valence-corrected chi connectivity index (χ3v) is 5.38. The highest BCUT2D eigenvalue weighted by molar-refractivity contribution is 7.80. The van der Waals surface area contributed by atoms with Crippen LogP contribution in [0.2, 0.25) is 5.02 Å². The van der Waals surface area contributed by atoms with E-state index in [9.17, 15) is 0 Å². The molecule has 1 atom stereocenters. The fourth-order valence-electron chi connectivity index (χ4n) is 3.37. The first-order valence-electron chi connectivity index (χ1n) is 9.07. The molecule has 4 aromatic rings. The van der Waals surface area contributed by atoms with Gasteiger partial charge in [0, 0.05) is 34.6 Å². The van der Waals surface area contributed by atoms with Crippen molar-refractivity contribution in [1.29, 1.82) is 0 Å². The zero-order chi connectivity index (χ0) is 19.3. The van der Waals surface area contributed by atoms with Crippen LogP contribution in [0.5, 0.6) is 0 Å². The number of hydrogen-bond donors (Lipinski definition) is 3. The van der Waals surface area contributed by atoms with Crippen molar-refractivity contribution in [1.82, 2.24) is 15.6 Å². The second-order valence-electron chi connectivity index (χ2n) is 6.51. The Morgan fingerprint density at radius 1 is 1.00 bits per heavy atom. The largest absolute Gasteiger partial charge is 0.467 e. The molecule has 0 unspecified atom stereocenters. The zero-order valence-corrected chi connectivity index (χ0v) is 16.7. The van der Waals surface area contributed by atoms with E-state index in [0.717, 1.165) is 21.9 Å². The molecular formula is C22H20ClN3OS. The van der Waals surface area contributed by atoms with Gasteiger partial charge < -0.3 is 20.0 Å². The molecule has 0 aliphatic heterocycles. The topological polar surface area (TPSA) is 53.0 Å². The molecule has 28 heavy (non-hydrogen) atoms. The molecule has 3 N–H and O–H groups in total. The lowest BCUT2D eigenvalue weighted by Crippen LogP contribution is -2.37. The summed E-state index contributed by atoms with van der Waals surface area (Å²) in [4.78, 5) is 3.36. The lowest BCUT2D eigenvalue weighted by molar-refractivity contribution is 0.502. The van der Waals surface area contributed by atoms with Gasteiger partial charge in [0.05, 0.1) is 12.8 Å². The normalized spacial score (nSPS) is 12.0. The second-order valence-corrected chi connectivity index (χ2v) is 7.32. The number of halogens is 1. The summed E-state index contributed by atoms with van der Waals surface area (Å²) < 4.78 is 5.33. The summed E-state index contributed by atoms with van der Waals surface area (Å²) in [6.45, 7) is 1.16. The van der Waals surface area contributed by atoms with Crippen LogP contribution in [0, 0.1) is 0 Å². The number of H-pyrrole nitrogens is 1. The quantitative estimate of drug-likeness (QED) is 0.382. The number of hydrogen-bond acceptors (Lipinski definition) is 2. The molecule has 6 heteroatoms. The van der Waals surface area contributed by atoms with Gasteiger partial charge in [0.15, 0.2) is 5.11 Å². The van der Waals surface area contributed by atoms with Crippen LogP contribution in [-0.4, -0.2) is 16.6 Å². The molecular weight excluding hydrogens is 390 g/mol. The lowest BCUT2D eigenvalue weighted by Gasteiger charge is -2.20. The van der Waals surface area contributed by atoms with Crippen molar-refractivity contribution in [3.63, 3.8) is 0 Å². The molecule has 0 aliphatic carbocycles. The van der Waals surface area contributed by atoms with Crippen molar-refractivity contribution in [2.24, 2.45) is 0 Å². The van der Waals surface area contributed by atoms with Crippen LogP contribution >= 0.6 is 23.8 Å². The van der Waals surface area contributed by atoms with E-state index in [4.69, 9.17) is 28.2 Å². The summed E-state index contributed by atoms with van der Waals surface area (Å²) in [7, 11) is 0. The molecule has 4 nitrogen and oxygen atoms in total. The molecule has 0 radical (unpaired) electrons. The van der Waals surface area contributed by atoms with Crippen molar-refractivity contribution in [2.75, 3.05) is 6.54 Å². The van der Waals surface area contributed by atoms with Crippen LogP contribution in [0.15, 0.2) is 77.5 Å². The van der Waals surface area contributed by atoms with E-state index in [1.165, 1.54) is 10.9 Å². The summed E-state index contributed by atoms with van der Waals surface area (Å²) in [6.07, 6.45) is 3.71. The van der Waals surface area contributed by atoms with E-state index in [0.29, 0.717) is 18.2 Å². The van der Waals surface area contributed by atoms with Gasteiger partial charge in [0.2, 0.25) is 0 Å². The van der Waals surface area contributed by atoms with Crippen LogP contribution < -0.4 is 10.6 Å². The van der Waals surface area contributed by atoms with Crippen molar-refractivity contribution in [2.45, 2.75) is 12.5 Å². The van der Waals surface area contributed by atoms with E-state index < -0.39 is 0 Å². The molecule has 2 heterocycles. The predicted molar refractivity (Wildman–Crippen MR) is 118 cm³/mol. The first kappa shape index (κ1) is 18.6. The molecule has 0 spiro atoms. The molecule has 2 aromatic heterocycles. The van der Waals surface area contributed by atoms with Gasteiger partial charge in [-0.3, -0.25) is 0 Å². The van der Waals surface area contributed by atoms with Crippen molar-refractivity contribution in [3.8, 4) is 0 Å². The van der Waals surface area contributed by atoms with Gasteiger partial charge in [-0.2, -0.15) is 0 Å². The van der Waals surface area contributed by atoms with Gasteiger partial charge in [0.1, 0.15) is 5.76 Å². The number of nitrogens with one attached hydrogen (secondary N) is 3. The average Bonchev–Trinajstić information content (AvgIpc) is 3.38. The Labute approximate surface area is 173 Å². The molecule has 0 amide bonds. The van der Waals surface area contributed by atoms with E-state index in [-0.39, 0.29) is 5.92 Å². The third-order valence-electron chi connectivity index (χ3n) is 4.75. The lowest BCUT2D eigenvalue weighted by atomic mass is 9.91. The van der Waals surface area contributed by atoms with Crippen LogP contribution in [0.3, 0.4) is 0 Å². The number of thiocarbonyl (C=S) groups is 1. The number of rotatable bonds is 6. The Morgan fingerprint density at radius 2 is 1.82 bits per heavy atom. The number of benzene rings is 2.